The SMILES string of the molecule is Cc1ccc2[nH]nc(C(=O)N3CCN(CC(=O)N4CCc5ccccc54)CC3)c2c1. The van der Waals surface area contributed by atoms with Crippen LogP contribution in [0.1, 0.15) is 21.6 Å². The molecule has 1 fully saturated rings. The third kappa shape index (κ3) is 3.35. The molecule has 7 nitrogen and oxygen atoms in total. The van der Waals surface area contributed by atoms with Crippen molar-refractivity contribution in [1.29, 1.82) is 0 Å². The molecule has 3 heterocycles. The Morgan fingerprint density at radius 1 is 1.03 bits per heavy atom. The highest BCUT2D eigenvalue weighted by molar-refractivity contribution is 6.04. The molecule has 2 aliphatic rings. The Hall–Kier alpha value is -3.19. The molecule has 0 saturated carbocycles. The largest absolute Gasteiger partial charge is 0.335 e. The van der Waals surface area contributed by atoms with Gasteiger partial charge in [0.05, 0.1) is 12.1 Å². The molecule has 1 saturated heterocycles. The molecule has 5 rings (SSSR count). The Morgan fingerprint density at radius 3 is 2.67 bits per heavy atom. The minimum Gasteiger partial charge on any atom is -0.335 e. The highest BCUT2D eigenvalue weighted by Crippen LogP contribution is 2.27. The minimum atomic E-state index is -0.0497. The van der Waals surface area contributed by atoms with E-state index in [9.17, 15) is 9.59 Å². The Balaban J connectivity index is 1.21. The third-order valence-corrected chi connectivity index (χ3v) is 6.13. The number of hydrogen-bond acceptors (Lipinski definition) is 4. The zero-order valence-electron chi connectivity index (χ0n) is 17.1. The van der Waals surface area contributed by atoms with Gasteiger partial charge in [0.1, 0.15) is 0 Å². The van der Waals surface area contributed by atoms with E-state index in [1.165, 1.54) is 5.56 Å². The molecule has 3 aromatic rings. The monoisotopic (exact) mass is 403 g/mol. The summed E-state index contributed by atoms with van der Waals surface area (Å²) in [6.45, 7) is 5.73. The van der Waals surface area contributed by atoms with Crippen molar-refractivity contribution in [3.63, 3.8) is 0 Å². The van der Waals surface area contributed by atoms with Crippen molar-refractivity contribution >= 4 is 28.4 Å². The molecule has 0 radical (unpaired) electrons. The fraction of sp³-hybridized carbons (Fsp3) is 0.348. The van der Waals surface area contributed by atoms with Gasteiger partial charge < -0.3 is 9.80 Å². The van der Waals surface area contributed by atoms with Gasteiger partial charge in [-0.2, -0.15) is 5.10 Å². The molecule has 0 aliphatic carbocycles. The molecule has 2 aromatic carbocycles. The van der Waals surface area contributed by atoms with Crippen molar-refractivity contribution in [2.24, 2.45) is 0 Å². The summed E-state index contributed by atoms with van der Waals surface area (Å²) >= 11 is 0. The van der Waals surface area contributed by atoms with Crippen molar-refractivity contribution < 1.29 is 9.59 Å². The second-order valence-corrected chi connectivity index (χ2v) is 8.11. The normalized spacial score (nSPS) is 16.8. The van der Waals surface area contributed by atoms with Crippen LogP contribution in [0.4, 0.5) is 5.69 Å². The van der Waals surface area contributed by atoms with Gasteiger partial charge >= 0.3 is 0 Å². The first-order valence-corrected chi connectivity index (χ1v) is 10.4. The lowest BCUT2D eigenvalue weighted by atomic mass is 10.1. The minimum absolute atomic E-state index is 0.0497. The number of amides is 2. The molecule has 7 heteroatoms. The van der Waals surface area contributed by atoms with Gasteiger partial charge in [0, 0.05) is 43.8 Å². The summed E-state index contributed by atoms with van der Waals surface area (Å²) in [5.41, 5.74) is 4.73. The number of aromatic nitrogens is 2. The van der Waals surface area contributed by atoms with Gasteiger partial charge in [-0.3, -0.25) is 19.6 Å². The van der Waals surface area contributed by atoms with E-state index in [1.807, 2.05) is 53.1 Å². The van der Waals surface area contributed by atoms with Crippen molar-refractivity contribution in [1.82, 2.24) is 20.0 Å². The van der Waals surface area contributed by atoms with E-state index in [4.69, 9.17) is 0 Å². The van der Waals surface area contributed by atoms with Crippen molar-refractivity contribution in [2.45, 2.75) is 13.3 Å². The highest BCUT2D eigenvalue weighted by atomic mass is 16.2. The summed E-state index contributed by atoms with van der Waals surface area (Å²) in [6, 6.07) is 14.1. The highest BCUT2D eigenvalue weighted by Gasteiger charge is 2.29. The van der Waals surface area contributed by atoms with Gasteiger partial charge in [0.25, 0.3) is 5.91 Å². The molecule has 30 heavy (non-hydrogen) atoms. The predicted octanol–water partition coefficient (Wildman–Crippen LogP) is 2.22. The number of carbonyl (C=O) groups is 2. The van der Waals surface area contributed by atoms with Crippen LogP contribution in [0.3, 0.4) is 0 Å². The van der Waals surface area contributed by atoms with E-state index < -0.39 is 0 Å². The number of nitrogens with one attached hydrogen (secondary N) is 1. The molecular weight excluding hydrogens is 378 g/mol. The number of para-hydroxylation sites is 1. The predicted molar refractivity (Wildman–Crippen MR) is 116 cm³/mol. The van der Waals surface area contributed by atoms with Crippen LogP contribution < -0.4 is 4.90 Å². The van der Waals surface area contributed by atoms with Crippen molar-refractivity contribution in [2.75, 3.05) is 44.2 Å². The fourth-order valence-electron chi connectivity index (χ4n) is 4.42. The molecule has 0 bridgehead atoms. The van der Waals surface area contributed by atoms with E-state index in [0.29, 0.717) is 38.4 Å². The van der Waals surface area contributed by atoms with E-state index in [2.05, 4.69) is 21.2 Å². The zero-order chi connectivity index (χ0) is 20.7. The van der Waals surface area contributed by atoms with Gasteiger partial charge in [0.15, 0.2) is 5.69 Å². The van der Waals surface area contributed by atoms with E-state index >= 15 is 0 Å². The molecule has 1 N–H and O–H groups in total. The number of benzene rings is 2. The average molecular weight is 403 g/mol. The van der Waals surface area contributed by atoms with E-state index in [-0.39, 0.29) is 11.8 Å². The first kappa shape index (κ1) is 18.8. The summed E-state index contributed by atoms with van der Waals surface area (Å²) < 4.78 is 0. The maximum atomic E-state index is 13.0. The standard InChI is InChI=1S/C23H25N5O2/c1-16-6-7-19-18(14-16)22(25-24-19)23(30)27-12-10-26(11-13-27)15-21(29)28-9-8-17-4-2-3-5-20(17)28/h2-7,14H,8-13,15H2,1H3,(H,24,25). The van der Waals surface area contributed by atoms with Gasteiger partial charge in [-0.15, -0.1) is 0 Å². The van der Waals surface area contributed by atoms with Crippen LogP contribution in [-0.2, 0) is 11.2 Å². The van der Waals surface area contributed by atoms with Crippen LogP contribution in [0.15, 0.2) is 42.5 Å². The number of aryl methyl sites for hydroxylation is 1. The van der Waals surface area contributed by atoms with E-state index in [0.717, 1.165) is 35.1 Å². The van der Waals surface area contributed by atoms with Gasteiger partial charge in [-0.05, 0) is 37.1 Å². The van der Waals surface area contributed by atoms with Crippen LogP contribution in [-0.4, -0.2) is 71.1 Å². The van der Waals surface area contributed by atoms with Crippen molar-refractivity contribution in [3.8, 4) is 0 Å². The second kappa shape index (κ2) is 7.57. The summed E-state index contributed by atoms with van der Waals surface area (Å²) in [7, 11) is 0. The first-order chi connectivity index (χ1) is 14.6. The Bertz CT molecular complexity index is 1110. The lowest BCUT2D eigenvalue weighted by molar-refractivity contribution is -0.120. The molecular formula is C23H25N5O2. The fourth-order valence-corrected chi connectivity index (χ4v) is 4.42. The number of hydrogen-bond donors (Lipinski definition) is 1. The molecule has 154 valence electrons. The summed E-state index contributed by atoms with van der Waals surface area (Å²) in [6.07, 6.45) is 0.918. The van der Waals surface area contributed by atoms with Crippen LogP contribution in [0.2, 0.25) is 0 Å². The summed E-state index contributed by atoms with van der Waals surface area (Å²) in [5, 5.41) is 8.08. The zero-order valence-corrected chi connectivity index (χ0v) is 17.1. The van der Waals surface area contributed by atoms with Crippen LogP contribution in [0, 0.1) is 6.92 Å². The Kier molecular flexibility index (Phi) is 4.75. The van der Waals surface area contributed by atoms with Gasteiger partial charge in [-0.1, -0.05) is 29.8 Å². The van der Waals surface area contributed by atoms with Gasteiger partial charge in [0.2, 0.25) is 5.91 Å². The summed E-state index contributed by atoms with van der Waals surface area (Å²) in [4.78, 5) is 31.7. The van der Waals surface area contributed by atoms with Crippen LogP contribution in [0.25, 0.3) is 10.9 Å². The van der Waals surface area contributed by atoms with Crippen LogP contribution >= 0.6 is 0 Å². The number of carbonyl (C=O) groups excluding carboxylic acids is 2. The molecule has 0 unspecified atom stereocenters. The summed E-state index contributed by atoms with van der Waals surface area (Å²) in [5.74, 6) is 0.0831. The number of H-pyrrole nitrogens is 1. The van der Waals surface area contributed by atoms with Gasteiger partial charge in [-0.25, -0.2) is 0 Å². The number of aromatic amines is 1. The van der Waals surface area contributed by atoms with E-state index in [1.54, 1.807) is 0 Å². The Morgan fingerprint density at radius 2 is 1.83 bits per heavy atom. The molecule has 2 aliphatic heterocycles. The number of piperazine rings is 1. The Labute approximate surface area is 175 Å². The lowest BCUT2D eigenvalue weighted by Crippen LogP contribution is -2.51. The second-order valence-electron chi connectivity index (χ2n) is 8.11. The maximum absolute atomic E-state index is 13.0. The van der Waals surface area contributed by atoms with Crippen molar-refractivity contribution in [3.05, 3.63) is 59.3 Å². The molecule has 0 spiro atoms. The molecule has 0 atom stereocenters. The number of anilines is 1. The quantitative estimate of drug-likeness (QED) is 0.728. The molecule has 2 amide bonds. The maximum Gasteiger partial charge on any atom is 0.275 e. The number of fused-ring (bicyclic) bond motifs is 2. The number of rotatable bonds is 3. The average Bonchev–Trinajstić information content (AvgIpc) is 3.38. The first-order valence-electron chi connectivity index (χ1n) is 10.4. The topological polar surface area (TPSA) is 72.5 Å². The smallest absolute Gasteiger partial charge is 0.275 e. The third-order valence-electron chi connectivity index (χ3n) is 6.13. The van der Waals surface area contributed by atoms with Crippen LogP contribution in [0.5, 0.6) is 0 Å². The number of nitrogens with zero attached hydrogens (tertiary/aromatic N) is 4. The molecule has 1 aromatic heterocycles. The lowest BCUT2D eigenvalue weighted by Gasteiger charge is -2.34.